The standard InChI is InChI=1S/C19H22N2O4S/c1-3-5-6-16(19(23)24)21-17(22)11-14-12-26-18(20-14)13-7-9-15(10-8-13)25-4-2/h3,5,7-10,12,16H,4,6,11H2,1-2H3,(H,21,22)(H,23,24)/b5-3+. The maximum Gasteiger partial charge on any atom is 0.326 e. The van der Waals surface area contributed by atoms with Gasteiger partial charge >= 0.3 is 5.97 Å². The zero-order valence-corrected chi connectivity index (χ0v) is 15.6. The van der Waals surface area contributed by atoms with Crippen molar-refractivity contribution < 1.29 is 19.4 Å². The molecule has 138 valence electrons. The summed E-state index contributed by atoms with van der Waals surface area (Å²) in [4.78, 5) is 27.8. The van der Waals surface area contributed by atoms with E-state index in [1.807, 2.05) is 36.6 Å². The molecule has 2 aromatic rings. The summed E-state index contributed by atoms with van der Waals surface area (Å²) >= 11 is 1.44. The number of ether oxygens (including phenoxy) is 1. The van der Waals surface area contributed by atoms with Crippen LogP contribution in [0.15, 0.2) is 41.8 Å². The maximum absolute atomic E-state index is 12.1. The van der Waals surface area contributed by atoms with E-state index >= 15 is 0 Å². The van der Waals surface area contributed by atoms with E-state index in [0.29, 0.717) is 12.3 Å². The Hall–Kier alpha value is -2.67. The van der Waals surface area contributed by atoms with Crippen LogP contribution in [0, 0.1) is 0 Å². The molecule has 6 nitrogen and oxygen atoms in total. The Bertz CT molecular complexity index is 768. The van der Waals surface area contributed by atoms with Crippen LogP contribution in [0.1, 0.15) is 26.0 Å². The molecule has 1 aromatic heterocycles. The number of aromatic nitrogens is 1. The summed E-state index contributed by atoms with van der Waals surface area (Å²) in [5.41, 5.74) is 1.56. The highest BCUT2D eigenvalue weighted by molar-refractivity contribution is 7.13. The monoisotopic (exact) mass is 374 g/mol. The van der Waals surface area contributed by atoms with Gasteiger partial charge < -0.3 is 15.2 Å². The van der Waals surface area contributed by atoms with Gasteiger partial charge in [0.1, 0.15) is 16.8 Å². The fraction of sp³-hybridized carbons (Fsp3) is 0.316. The lowest BCUT2D eigenvalue weighted by molar-refractivity contribution is -0.141. The first-order chi connectivity index (χ1) is 12.5. The summed E-state index contributed by atoms with van der Waals surface area (Å²) in [6.45, 7) is 4.35. The van der Waals surface area contributed by atoms with Gasteiger partial charge in [0.05, 0.1) is 18.7 Å². The van der Waals surface area contributed by atoms with Gasteiger partial charge in [-0.05, 0) is 44.5 Å². The van der Waals surface area contributed by atoms with Crippen molar-refractivity contribution in [3.8, 4) is 16.3 Å². The molecule has 0 aliphatic carbocycles. The number of hydrogen-bond acceptors (Lipinski definition) is 5. The van der Waals surface area contributed by atoms with E-state index in [1.165, 1.54) is 11.3 Å². The molecular formula is C19H22N2O4S. The summed E-state index contributed by atoms with van der Waals surface area (Å²) in [7, 11) is 0. The summed E-state index contributed by atoms with van der Waals surface area (Å²) in [6, 6.07) is 6.68. The quantitative estimate of drug-likeness (QED) is 0.658. The molecule has 0 aliphatic rings. The van der Waals surface area contributed by atoms with Gasteiger partial charge in [-0.1, -0.05) is 12.2 Å². The Balaban J connectivity index is 1.98. The van der Waals surface area contributed by atoms with E-state index in [9.17, 15) is 9.59 Å². The maximum atomic E-state index is 12.1. The van der Waals surface area contributed by atoms with Gasteiger partial charge in [-0.3, -0.25) is 4.79 Å². The first-order valence-corrected chi connectivity index (χ1v) is 9.22. The third-order valence-corrected chi connectivity index (χ3v) is 4.49. The summed E-state index contributed by atoms with van der Waals surface area (Å²) in [6.07, 6.45) is 3.77. The Kier molecular flexibility index (Phi) is 7.35. The lowest BCUT2D eigenvalue weighted by Gasteiger charge is -2.11. The van der Waals surface area contributed by atoms with E-state index in [1.54, 1.807) is 19.1 Å². The number of benzene rings is 1. The molecule has 1 amide bonds. The zero-order valence-electron chi connectivity index (χ0n) is 14.8. The number of hydrogen-bond donors (Lipinski definition) is 2. The molecule has 2 rings (SSSR count). The zero-order chi connectivity index (χ0) is 18.9. The number of nitrogens with zero attached hydrogens (tertiary/aromatic N) is 1. The molecular weight excluding hydrogens is 352 g/mol. The largest absolute Gasteiger partial charge is 0.494 e. The minimum Gasteiger partial charge on any atom is -0.494 e. The van der Waals surface area contributed by atoms with Crippen molar-refractivity contribution in [3.05, 3.63) is 47.5 Å². The molecule has 0 saturated heterocycles. The molecule has 2 N–H and O–H groups in total. The van der Waals surface area contributed by atoms with Crippen LogP contribution in [0.4, 0.5) is 0 Å². The van der Waals surface area contributed by atoms with Crippen LogP contribution in [-0.4, -0.2) is 34.6 Å². The highest BCUT2D eigenvalue weighted by atomic mass is 32.1. The van der Waals surface area contributed by atoms with Crippen molar-refractivity contribution in [2.24, 2.45) is 0 Å². The first-order valence-electron chi connectivity index (χ1n) is 8.34. The van der Waals surface area contributed by atoms with Gasteiger partial charge in [0.15, 0.2) is 0 Å². The lowest BCUT2D eigenvalue weighted by Crippen LogP contribution is -2.41. The number of carbonyl (C=O) groups excluding carboxylic acids is 1. The summed E-state index contributed by atoms with van der Waals surface area (Å²) in [5.74, 6) is -0.608. The van der Waals surface area contributed by atoms with Crippen molar-refractivity contribution >= 4 is 23.2 Å². The van der Waals surface area contributed by atoms with Crippen LogP contribution < -0.4 is 10.1 Å². The number of carboxylic acids is 1. The van der Waals surface area contributed by atoms with Crippen molar-refractivity contribution in [1.82, 2.24) is 10.3 Å². The molecule has 1 atom stereocenters. The van der Waals surface area contributed by atoms with Crippen molar-refractivity contribution in [2.75, 3.05) is 6.61 Å². The van der Waals surface area contributed by atoms with E-state index in [-0.39, 0.29) is 18.7 Å². The average molecular weight is 374 g/mol. The Labute approximate surface area is 156 Å². The van der Waals surface area contributed by atoms with Crippen LogP contribution >= 0.6 is 11.3 Å². The van der Waals surface area contributed by atoms with Gasteiger partial charge in [-0.2, -0.15) is 0 Å². The normalized spacial score (nSPS) is 12.1. The molecule has 0 aliphatic heterocycles. The second-order valence-electron chi connectivity index (χ2n) is 5.54. The lowest BCUT2D eigenvalue weighted by atomic mass is 10.2. The fourth-order valence-electron chi connectivity index (χ4n) is 2.28. The molecule has 1 unspecified atom stereocenters. The van der Waals surface area contributed by atoms with E-state index in [0.717, 1.165) is 16.3 Å². The third-order valence-electron chi connectivity index (χ3n) is 3.55. The number of aliphatic carboxylic acids is 1. The Morgan fingerprint density at radius 3 is 2.69 bits per heavy atom. The molecule has 0 saturated carbocycles. The second-order valence-corrected chi connectivity index (χ2v) is 6.40. The molecule has 0 bridgehead atoms. The van der Waals surface area contributed by atoms with Crippen molar-refractivity contribution in [2.45, 2.75) is 32.7 Å². The minimum absolute atomic E-state index is 0.0488. The van der Waals surface area contributed by atoms with Crippen LogP contribution in [0.5, 0.6) is 5.75 Å². The molecule has 26 heavy (non-hydrogen) atoms. The van der Waals surface area contributed by atoms with Gasteiger partial charge in [-0.25, -0.2) is 9.78 Å². The van der Waals surface area contributed by atoms with Crippen molar-refractivity contribution in [3.63, 3.8) is 0 Å². The van der Waals surface area contributed by atoms with Gasteiger partial charge in [0.2, 0.25) is 5.91 Å². The third kappa shape index (κ3) is 5.70. The second kappa shape index (κ2) is 9.72. The molecule has 7 heteroatoms. The average Bonchev–Trinajstić information content (AvgIpc) is 3.07. The number of allylic oxidation sites excluding steroid dienone is 1. The molecule has 0 spiro atoms. The smallest absolute Gasteiger partial charge is 0.326 e. The predicted octanol–water partition coefficient (Wildman–Crippen LogP) is 3.29. The number of carbonyl (C=O) groups is 2. The minimum atomic E-state index is -1.05. The Morgan fingerprint density at radius 1 is 1.35 bits per heavy atom. The van der Waals surface area contributed by atoms with Crippen LogP contribution in [0.25, 0.3) is 10.6 Å². The fourth-order valence-corrected chi connectivity index (χ4v) is 3.11. The van der Waals surface area contributed by atoms with Crippen LogP contribution in [-0.2, 0) is 16.0 Å². The number of thiazole rings is 1. The number of amides is 1. The first kappa shape index (κ1) is 19.7. The van der Waals surface area contributed by atoms with Gasteiger partial charge in [0.25, 0.3) is 0 Å². The molecule has 1 aromatic carbocycles. The number of carboxylic acid groups (broad SMARTS) is 1. The van der Waals surface area contributed by atoms with Gasteiger partial charge in [-0.15, -0.1) is 11.3 Å². The van der Waals surface area contributed by atoms with Crippen molar-refractivity contribution in [1.29, 1.82) is 0 Å². The highest BCUT2D eigenvalue weighted by Crippen LogP contribution is 2.26. The highest BCUT2D eigenvalue weighted by Gasteiger charge is 2.19. The predicted molar refractivity (Wildman–Crippen MR) is 101 cm³/mol. The molecule has 0 radical (unpaired) electrons. The Morgan fingerprint density at radius 2 is 2.08 bits per heavy atom. The molecule has 0 fully saturated rings. The SMILES string of the molecule is C/C=C/CC(NC(=O)Cc1csc(-c2ccc(OCC)cc2)n1)C(=O)O. The summed E-state index contributed by atoms with van der Waals surface area (Å²) < 4.78 is 5.42. The number of rotatable bonds is 9. The molecule has 1 heterocycles. The van der Waals surface area contributed by atoms with Crippen LogP contribution in [0.3, 0.4) is 0 Å². The van der Waals surface area contributed by atoms with E-state index < -0.39 is 12.0 Å². The van der Waals surface area contributed by atoms with E-state index in [2.05, 4.69) is 10.3 Å². The van der Waals surface area contributed by atoms with Gasteiger partial charge in [0, 0.05) is 10.9 Å². The number of nitrogens with one attached hydrogen (secondary N) is 1. The van der Waals surface area contributed by atoms with Crippen LogP contribution in [0.2, 0.25) is 0 Å². The van der Waals surface area contributed by atoms with E-state index in [4.69, 9.17) is 9.84 Å². The summed E-state index contributed by atoms with van der Waals surface area (Å²) in [5, 5.41) is 14.3. The topological polar surface area (TPSA) is 88.5 Å².